The van der Waals surface area contributed by atoms with Gasteiger partial charge < -0.3 is 19.3 Å². The van der Waals surface area contributed by atoms with Gasteiger partial charge in [0.2, 0.25) is 0 Å². The molecule has 23 heavy (non-hydrogen) atoms. The van der Waals surface area contributed by atoms with Crippen molar-refractivity contribution in [3.8, 4) is 0 Å². The maximum atomic E-state index is 13.1. The Morgan fingerprint density at radius 1 is 1.39 bits per heavy atom. The lowest BCUT2D eigenvalue weighted by Gasteiger charge is -2.37. The Bertz CT molecular complexity index is 581. The molecule has 0 aliphatic carbocycles. The lowest BCUT2D eigenvalue weighted by atomic mass is 9.89. The number of aromatic nitrogens is 1. The molecule has 1 amide bonds. The van der Waals surface area contributed by atoms with Gasteiger partial charge in [-0.3, -0.25) is 4.79 Å². The SMILES string of the molecule is CCn1c(C)cc(C(=O)N2CCCC2C2COCCC2O)c1C. The Morgan fingerprint density at radius 2 is 2.17 bits per heavy atom. The van der Waals surface area contributed by atoms with E-state index >= 15 is 0 Å². The van der Waals surface area contributed by atoms with Crippen molar-refractivity contribution in [2.24, 2.45) is 5.92 Å². The number of carbonyl (C=O) groups is 1. The van der Waals surface area contributed by atoms with Crippen LogP contribution in [0.25, 0.3) is 0 Å². The van der Waals surface area contributed by atoms with Crippen LogP contribution in [-0.4, -0.2) is 52.4 Å². The molecule has 0 spiro atoms. The van der Waals surface area contributed by atoms with Gasteiger partial charge in [-0.15, -0.1) is 0 Å². The van der Waals surface area contributed by atoms with Gasteiger partial charge in [0.25, 0.3) is 5.91 Å². The van der Waals surface area contributed by atoms with Gasteiger partial charge in [0, 0.05) is 43.0 Å². The second-order valence-corrected chi connectivity index (χ2v) is 6.83. The largest absolute Gasteiger partial charge is 0.393 e. The van der Waals surface area contributed by atoms with E-state index in [0.29, 0.717) is 19.6 Å². The van der Waals surface area contributed by atoms with Crippen LogP contribution in [0.15, 0.2) is 6.07 Å². The summed E-state index contributed by atoms with van der Waals surface area (Å²) in [5, 5.41) is 10.3. The number of hydrogen-bond donors (Lipinski definition) is 1. The minimum Gasteiger partial charge on any atom is -0.393 e. The zero-order valence-electron chi connectivity index (χ0n) is 14.4. The van der Waals surface area contributed by atoms with Crippen LogP contribution in [0.3, 0.4) is 0 Å². The van der Waals surface area contributed by atoms with Crippen molar-refractivity contribution in [3.63, 3.8) is 0 Å². The molecule has 0 radical (unpaired) electrons. The Labute approximate surface area is 138 Å². The molecule has 2 saturated heterocycles. The standard InChI is InChI=1S/C18H28N2O3/c1-4-19-12(2)10-14(13(19)3)18(22)20-8-5-6-16(20)15-11-23-9-7-17(15)21/h10,15-17,21H,4-9,11H2,1-3H3. The summed E-state index contributed by atoms with van der Waals surface area (Å²) >= 11 is 0. The van der Waals surface area contributed by atoms with Crippen LogP contribution >= 0.6 is 0 Å². The zero-order valence-corrected chi connectivity index (χ0v) is 14.4. The Hall–Kier alpha value is -1.33. The summed E-state index contributed by atoms with van der Waals surface area (Å²) in [6.07, 6.45) is 2.29. The monoisotopic (exact) mass is 320 g/mol. The first kappa shape index (κ1) is 16.5. The van der Waals surface area contributed by atoms with Crippen LogP contribution in [0.4, 0.5) is 0 Å². The maximum absolute atomic E-state index is 13.1. The third-order valence-electron chi connectivity index (χ3n) is 5.54. The lowest BCUT2D eigenvalue weighted by Crippen LogP contribution is -2.48. The molecule has 128 valence electrons. The number of nitrogens with zero attached hydrogens (tertiary/aromatic N) is 2. The average Bonchev–Trinajstić information content (AvgIpc) is 3.12. The van der Waals surface area contributed by atoms with Crippen molar-refractivity contribution in [3.05, 3.63) is 23.0 Å². The van der Waals surface area contributed by atoms with Gasteiger partial charge >= 0.3 is 0 Å². The summed E-state index contributed by atoms with van der Waals surface area (Å²) in [6, 6.07) is 2.10. The molecule has 3 atom stereocenters. The highest BCUT2D eigenvalue weighted by atomic mass is 16.5. The molecule has 1 aromatic heterocycles. The maximum Gasteiger partial charge on any atom is 0.255 e. The quantitative estimate of drug-likeness (QED) is 0.928. The second kappa shape index (κ2) is 6.65. The molecule has 2 aliphatic rings. The molecule has 0 bridgehead atoms. The van der Waals surface area contributed by atoms with E-state index in [4.69, 9.17) is 4.74 Å². The number of amides is 1. The van der Waals surface area contributed by atoms with Gasteiger partial charge in [-0.25, -0.2) is 0 Å². The molecule has 2 aliphatic heterocycles. The number of hydrogen-bond acceptors (Lipinski definition) is 3. The number of likely N-dealkylation sites (tertiary alicyclic amines) is 1. The molecule has 3 heterocycles. The first-order valence-electron chi connectivity index (χ1n) is 8.78. The number of rotatable bonds is 3. The number of aliphatic hydroxyl groups is 1. The van der Waals surface area contributed by atoms with Gasteiger partial charge in [0.05, 0.1) is 18.3 Å². The Balaban J connectivity index is 1.83. The summed E-state index contributed by atoms with van der Waals surface area (Å²) in [4.78, 5) is 15.1. The smallest absolute Gasteiger partial charge is 0.255 e. The van der Waals surface area contributed by atoms with Gasteiger partial charge in [-0.2, -0.15) is 0 Å². The van der Waals surface area contributed by atoms with Gasteiger partial charge in [0.1, 0.15) is 0 Å². The van der Waals surface area contributed by atoms with E-state index in [-0.39, 0.29) is 24.0 Å². The van der Waals surface area contributed by atoms with Gasteiger partial charge in [0.15, 0.2) is 0 Å². The van der Waals surface area contributed by atoms with Crippen molar-refractivity contribution >= 4 is 5.91 Å². The van der Waals surface area contributed by atoms with Gasteiger partial charge in [-0.05, 0) is 46.1 Å². The van der Waals surface area contributed by atoms with Crippen molar-refractivity contribution in [2.45, 2.75) is 58.7 Å². The molecular weight excluding hydrogens is 292 g/mol. The molecular formula is C18H28N2O3. The minimum atomic E-state index is -0.356. The van der Waals surface area contributed by atoms with Crippen molar-refractivity contribution in [1.29, 1.82) is 0 Å². The van der Waals surface area contributed by atoms with Gasteiger partial charge in [-0.1, -0.05) is 0 Å². The van der Waals surface area contributed by atoms with Crippen LogP contribution in [0.2, 0.25) is 0 Å². The van der Waals surface area contributed by atoms with Crippen LogP contribution in [0, 0.1) is 19.8 Å². The van der Waals surface area contributed by atoms with Crippen molar-refractivity contribution < 1.29 is 14.6 Å². The third kappa shape index (κ3) is 2.92. The predicted molar refractivity (Wildman–Crippen MR) is 88.6 cm³/mol. The topological polar surface area (TPSA) is 54.7 Å². The van der Waals surface area contributed by atoms with Crippen LogP contribution in [0.1, 0.15) is 47.9 Å². The van der Waals surface area contributed by atoms with Crippen LogP contribution < -0.4 is 0 Å². The van der Waals surface area contributed by atoms with E-state index in [2.05, 4.69) is 11.5 Å². The Morgan fingerprint density at radius 3 is 2.83 bits per heavy atom. The molecule has 3 rings (SSSR count). The second-order valence-electron chi connectivity index (χ2n) is 6.83. The van der Waals surface area contributed by atoms with E-state index in [1.54, 1.807) is 0 Å². The highest BCUT2D eigenvalue weighted by molar-refractivity contribution is 5.96. The van der Waals surface area contributed by atoms with Crippen LogP contribution in [-0.2, 0) is 11.3 Å². The number of carbonyl (C=O) groups excluding carboxylic acids is 1. The summed E-state index contributed by atoms with van der Waals surface area (Å²) in [5.74, 6) is 0.155. The number of ether oxygens (including phenoxy) is 1. The van der Waals surface area contributed by atoms with E-state index < -0.39 is 0 Å². The molecule has 3 unspecified atom stereocenters. The fourth-order valence-electron chi connectivity index (χ4n) is 4.26. The minimum absolute atomic E-state index is 0.0462. The lowest BCUT2D eigenvalue weighted by molar-refractivity contribution is -0.0589. The first-order valence-corrected chi connectivity index (χ1v) is 8.78. The van der Waals surface area contributed by atoms with E-state index in [9.17, 15) is 9.90 Å². The fourth-order valence-corrected chi connectivity index (χ4v) is 4.26. The first-order chi connectivity index (χ1) is 11.0. The van der Waals surface area contributed by atoms with Crippen molar-refractivity contribution in [1.82, 2.24) is 9.47 Å². The third-order valence-corrected chi connectivity index (χ3v) is 5.54. The fraction of sp³-hybridized carbons (Fsp3) is 0.722. The summed E-state index contributed by atoms with van der Waals surface area (Å²) in [7, 11) is 0. The molecule has 1 N–H and O–H groups in total. The normalized spacial score (nSPS) is 28.3. The molecule has 0 saturated carbocycles. The molecule has 0 aromatic carbocycles. The molecule has 1 aromatic rings. The molecule has 5 heteroatoms. The summed E-state index contributed by atoms with van der Waals surface area (Å²) < 4.78 is 7.74. The zero-order chi connectivity index (χ0) is 16.6. The Kier molecular flexibility index (Phi) is 4.78. The summed E-state index contributed by atoms with van der Waals surface area (Å²) in [6.45, 7) is 9.01. The average molecular weight is 320 g/mol. The van der Waals surface area contributed by atoms with E-state index in [0.717, 1.165) is 42.9 Å². The van der Waals surface area contributed by atoms with E-state index in [1.807, 2.05) is 24.8 Å². The number of aryl methyl sites for hydroxylation is 1. The van der Waals surface area contributed by atoms with E-state index in [1.165, 1.54) is 0 Å². The summed E-state index contributed by atoms with van der Waals surface area (Å²) in [5.41, 5.74) is 2.98. The highest BCUT2D eigenvalue weighted by Crippen LogP contribution is 2.31. The van der Waals surface area contributed by atoms with Crippen molar-refractivity contribution in [2.75, 3.05) is 19.8 Å². The molecule has 2 fully saturated rings. The highest BCUT2D eigenvalue weighted by Gasteiger charge is 2.40. The number of aliphatic hydroxyl groups excluding tert-OH is 1. The molecule has 5 nitrogen and oxygen atoms in total. The van der Waals surface area contributed by atoms with Crippen LogP contribution in [0.5, 0.6) is 0 Å². The predicted octanol–water partition coefficient (Wildman–Crippen LogP) is 2.13.